The van der Waals surface area contributed by atoms with Crippen molar-refractivity contribution in [1.82, 2.24) is 0 Å². The largest absolute Gasteiger partial charge is 0.464 e. The maximum atomic E-state index is 6.85. The first-order chi connectivity index (χ1) is 10.7. The van der Waals surface area contributed by atoms with Gasteiger partial charge in [-0.1, -0.05) is 54.1 Å². The topological polar surface area (TPSA) is 13.1 Å². The molecule has 3 aromatic rings. The summed E-state index contributed by atoms with van der Waals surface area (Å²) >= 11 is 6.85. The Morgan fingerprint density at radius 1 is 1.09 bits per heavy atom. The zero-order valence-corrected chi connectivity index (χ0v) is 13.4. The predicted molar refractivity (Wildman–Crippen MR) is 89.6 cm³/mol. The van der Waals surface area contributed by atoms with E-state index in [4.69, 9.17) is 16.0 Å². The summed E-state index contributed by atoms with van der Waals surface area (Å²) in [6.45, 7) is 1.82. The van der Waals surface area contributed by atoms with Crippen LogP contribution in [0.4, 0.5) is 0 Å². The van der Waals surface area contributed by atoms with Gasteiger partial charge in [0.1, 0.15) is 24.9 Å². The summed E-state index contributed by atoms with van der Waals surface area (Å²) in [5.74, 6) is 0. The lowest BCUT2D eigenvalue weighted by Crippen LogP contribution is -2.48. The Bertz CT molecular complexity index is 811. The van der Waals surface area contributed by atoms with E-state index in [9.17, 15) is 0 Å². The molecule has 2 nitrogen and oxygen atoms in total. The molecular formula is C19H19ClNO+. The lowest BCUT2D eigenvalue weighted by molar-refractivity contribution is -0.946. The molecule has 1 aliphatic rings. The van der Waals surface area contributed by atoms with E-state index in [2.05, 4.69) is 49.5 Å². The number of rotatable bonds is 2. The fourth-order valence-corrected chi connectivity index (χ4v) is 3.87. The number of quaternary nitrogens is 1. The molecule has 4 rings (SSSR count). The van der Waals surface area contributed by atoms with E-state index in [1.165, 1.54) is 22.1 Å². The molecule has 1 aromatic heterocycles. The second-order valence-corrected chi connectivity index (χ2v) is 6.97. The van der Waals surface area contributed by atoms with E-state index in [1.54, 1.807) is 0 Å². The lowest BCUT2D eigenvalue weighted by Gasteiger charge is -2.37. The van der Waals surface area contributed by atoms with E-state index in [0.717, 1.165) is 29.6 Å². The fraction of sp³-hybridized carbons (Fsp3) is 0.263. The Morgan fingerprint density at radius 2 is 1.91 bits per heavy atom. The third kappa shape index (κ3) is 2.23. The van der Waals surface area contributed by atoms with Crippen molar-refractivity contribution in [3.63, 3.8) is 0 Å². The van der Waals surface area contributed by atoms with Crippen molar-refractivity contribution in [2.75, 3.05) is 7.05 Å². The van der Waals surface area contributed by atoms with Gasteiger partial charge in [-0.15, -0.1) is 0 Å². The normalized spacial score (nSPS) is 24.4. The summed E-state index contributed by atoms with van der Waals surface area (Å²) in [6, 6.07) is 16.9. The Hall–Kier alpha value is -1.77. The van der Waals surface area contributed by atoms with Crippen molar-refractivity contribution in [3.8, 4) is 0 Å². The lowest BCUT2D eigenvalue weighted by atomic mass is 10.1. The van der Waals surface area contributed by atoms with Crippen LogP contribution in [0, 0.1) is 0 Å². The Labute approximate surface area is 135 Å². The minimum absolute atomic E-state index is 0.0539. The van der Waals surface area contributed by atoms with Crippen molar-refractivity contribution >= 4 is 22.6 Å². The number of hydrogen-bond acceptors (Lipinski definition) is 1. The number of nitrogens with zero attached hydrogens (tertiary/aromatic N) is 1. The number of benzene rings is 2. The molecular weight excluding hydrogens is 294 g/mol. The van der Waals surface area contributed by atoms with Gasteiger partial charge >= 0.3 is 0 Å². The first kappa shape index (κ1) is 13.9. The molecule has 2 unspecified atom stereocenters. The van der Waals surface area contributed by atoms with Crippen LogP contribution >= 0.6 is 11.6 Å². The third-order valence-electron chi connectivity index (χ3n) is 4.74. The van der Waals surface area contributed by atoms with Crippen LogP contribution in [0.1, 0.15) is 16.7 Å². The van der Waals surface area contributed by atoms with Crippen LogP contribution in [0.15, 0.2) is 59.2 Å². The van der Waals surface area contributed by atoms with Gasteiger partial charge in [0.05, 0.1) is 12.6 Å². The van der Waals surface area contributed by atoms with Gasteiger partial charge in [0.25, 0.3) is 0 Å². The quantitative estimate of drug-likeness (QED) is 0.380. The second kappa shape index (κ2) is 5.15. The molecule has 0 amide bonds. The van der Waals surface area contributed by atoms with Gasteiger partial charge in [-0.05, 0) is 11.6 Å². The SMILES string of the molecule is C[N+]1(Cc2ccccc2)Cc2coc3cccc(c23)CC1Cl. The summed E-state index contributed by atoms with van der Waals surface area (Å²) in [6.07, 6.45) is 2.78. The second-order valence-electron chi connectivity index (χ2n) is 6.47. The molecule has 1 aliphatic heterocycles. The van der Waals surface area contributed by atoms with Crippen LogP contribution in [0.5, 0.6) is 0 Å². The zero-order valence-electron chi connectivity index (χ0n) is 12.6. The van der Waals surface area contributed by atoms with E-state index >= 15 is 0 Å². The number of alkyl halides is 1. The summed E-state index contributed by atoms with van der Waals surface area (Å²) in [5.41, 5.74) is 4.92. The van der Waals surface area contributed by atoms with Crippen molar-refractivity contribution in [2.24, 2.45) is 0 Å². The molecule has 0 aliphatic carbocycles. The minimum Gasteiger partial charge on any atom is -0.464 e. The van der Waals surface area contributed by atoms with E-state index in [-0.39, 0.29) is 5.50 Å². The molecule has 3 heteroatoms. The summed E-state index contributed by atoms with van der Waals surface area (Å²) in [4.78, 5) is 0. The molecule has 0 radical (unpaired) electrons. The van der Waals surface area contributed by atoms with Gasteiger partial charge in [-0.3, -0.25) is 0 Å². The Morgan fingerprint density at radius 3 is 2.73 bits per heavy atom. The van der Waals surface area contributed by atoms with E-state index in [1.807, 2.05) is 12.3 Å². The van der Waals surface area contributed by atoms with Gasteiger partial charge in [-0.2, -0.15) is 0 Å². The van der Waals surface area contributed by atoms with Gasteiger partial charge in [0, 0.05) is 17.4 Å². The first-order valence-corrected chi connectivity index (χ1v) is 8.09. The molecule has 0 spiro atoms. The van der Waals surface area contributed by atoms with E-state index in [0.29, 0.717) is 0 Å². The zero-order chi connectivity index (χ0) is 15.2. The fourth-order valence-electron chi connectivity index (χ4n) is 3.56. The molecule has 0 saturated carbocycles. The highest BCUT2D eigenvalue weighted by atomic mass is 35.5. The third-order valence-corrected chi connectivity index (χ3v) is 5.37. The number of furan rings is 1. The van der Waals surface area contributed by atoms with Crippen LogP contribution < -0.4 is 0 Å². The molecule has 0 fully saturated rings. The van der Waals surface area contributed by atoms with Crippen molar-refractivity contribution < 1.29 is 8.90 Å². The highest BCUT2D eigenvalue weighted by Crippen LogP contribution is 2.36. The molecule has 0 saturated heterocycles. The molecule has 2 aromatic carbocycles. The van der Waals surface area contributed by atoms with Crippen molar-refractivity contribution in [3.05, 3.63) is 71.5 Å². The minimum atomic E-state index is 0.0539. The Balaban J connectivity index is 1.76. The molecule has 0 N–H and O–H groups in total. The summed E-state index contributed by atoms with van der Waals surface area (Å²) in [5, 5.41) is 1.27. The average molecular weight is 313 g/mol. The molecule has 22 heavy (non-hydrogen) atoms. The predicted octanol–water partition coefficient (Wildman–Crippen LogP) is 4.70. The first-order valence-electron chi connectivity index (χ1n) is 7.66. The smallest absolute Gasteiger partial charge is 0.169 e. The van der Waals surface area contributed by atoms with Crippen LogP contribution in [0.2, 0.25) is 0 Å². The number of hydrogen-bond donors (Lipinski definition) is 0. The highest BCUT2D eigenvalue weighted by molar-refractivity contribution is 6.19. The molecule has 112 valence electrons. The van der Waals surface area contributed by atoms with Gasteiger partial charge in [0.15, 0.2) is 5.50 Å². The van der Waals surface area contributed by atoms with Crippen molar-refractivity contribution in [1.29, 1.82) is 0 Å². The average Bonchev–Trinajstić information content (AvgIpc) is 2.87. The maximum absolute atomic E-state index is 6.85. The number of halogens is 1. The summed E-state index contributed by atoms with van der Waals surface area (Å²) < 4.78 is 6.53. The van der Waals surface area contributed by atoms with Crippen LogP contribution in [-0.4, -0.2) is 17.0 Å². The van der Waals surface area contributed by atoms with E-state index < -0.39 is 0 Å². The number of likely N-dealkylation sites (N-methyl/N-ethyl adjacent to an activating group) is 1. The van der Waals surface area contributed by atoms with Gasteiger partial charge < -0.3 is 8.90 Å². The highest BCUT2D eigenvalue weighted by Gasteiger charge is 2.36. The molecule has 2 atom stereocenters. The van der Waals surface area contributed by atoms with Gasteiger partial charge in [0.2, 0.25) is 0 Å². The van der Waals surface area contributed by atoms with Crippen LogP contribution in [0.3, 0.4) is 0 Å². The molecule has 0 bridgehead atoms. The molecule has 2 heterocycles. The monoisotopic (exact) mass is 312 g/mol. The maximum Gasteiger partial charge on any atom is 0.169 e. The standard InChI is InChI=1S/C19H19ClNO/c1-21(11-14-6-3-2-4-7-14)12-16-13-22-17-9-5-8-15(19(16)17)10-18(21)20/h2-9,13,18H,10-12H2,1H3/q+1. The van der Waals surface area contributed by atoms with Crippen molar-refractivity contribution in [2.45, 2.75) is 25.0 Å². The Kier molecular flexibility index (Phi) is 3.24. The van der Waals surface area contributed by atoms with Gasteiger partial charge in [-0.25, -0.2) is 0 Å². The summed E-state index contributed by atoms with van der Waals surface area (Å²) in [7, 11) is 2.25. The van der Waals surface area contributed by atoms with Crippen LogP contribution in [-0.2, 0) is 19.5 Å². The van der Waals surface area contributed by atoms with Crippen LogP contribution in [0.25, 0.3) is 11.0 Å².